The van der Waals surface area contributed by atoms with E-state index in [0.717, 1.165) is 0 Å². The van der Waals surface area contributed by atoms with Crippen molar-refractivity contribution >= 4 is 85.9 Å². The lowest BCUT2D eigenvalue weighted by molar-refractivity contribution is 1.19. The molecule has 1 N–H and O–H groups in total. The van der Waals surface area contributed by atoms with Crippen molar-refractivity contribution in [3.05, 3.63) is 115 Å². The Morgan fingerprint density at radius 1 is 0.514 bits per heavy atom. The van der Waals surface area contributed by atoms with Gasteiger partial charge in [0.15, 0.2) is 0 Å². The van der Waals surface area contributed by atoms with Crippen LogP contribution in [0.15, 0.2) is 115 Å². The minimum Gasteiger partial charge on any atom is -0.353 e. The third-order valence-electron chi connectivity index (χ3n) is 7.91. The highest BCUT2D eigenvalue weighted by molar-refractivity contribution is 7.27. The van der Waals surface area contributed by atoms with Crippen molar-refractivity contribution in [2.24, 2.45) is 0 Å². The summed E-state index contributed by atoms with van der Waals surface area (Å²) in [5, 5.41) is 10.5. The summed E-state index contributed by atoms with van der Waals surface area (Å²) >= 11 is 1.89. The number of aromatic nitrogens is 2. The van der Waals surface area contributed by atoms with Gasteiger partial charge in [0.2, 0.25) is 0 Å². The molecular formula is C34H20N2S. The summed E-state index contributed by atoms with van der Waals surface area (Å²) in [4.78, 5) is 3.77. The maximum absolute atomic E-state index is 3.77. The fraction of sp³-hybridized carbons (Fsp3) is 0. The van der Waals surface area contributed by atoms with Gasteiger partial charge in [-0.2, -0.15) is 0 Å². The second kappa shape index (κ2) is 7.00. The fourth-order valence-electron chi connectivity index (χ4n) is 6.38. The molecule has 0 amide bonds. The van der Waals surface area contributed by atoms with Gasteiger partial charge in [-0.25, -0.2) is 0 Å². The Hall–Kier alpha value is -4.60. The van der Waals surface area contributed by atoms with Crippen molar-refractivity contribution in [2.45, 2.75) is 0 Å². The van der Waals surface area contributed by atoms with E-state index < -0.39 is 0 Å². The van der Waals surface area contributed by atoms with Crippen molar-refractivity contribution in [2.75, 3.05) is 0 Å². The lowest BCUT2D eigenvalue weighted by Gasteiger charge is -2.09. The molecule has 0 unspecified atom stereocenters. The Morgan fingerprint density at radius 3 is 1.84 bits per heavy atom. The van der Waals surface area contributed by atoms with Gasteiger partial charge in [0, 0.05) is 48.2 Å². The minimum atomic E-state index is 1.19. The Labute approximate surface area is 216 Å². The van der Waals surface area contributed by atoms with Crippen molar-refractivity contribution in [3.63, 3.8) is 0 Å². The molecule has 3 heterocycles. The summed E-state index contributed by atoms with van der Waals surface area (Å²) in [6, 6.07) is 42.0. The number of para-hydroxylation sites is 3. The van der Waals surface area contributed by atoms with Crippen molar-refractivity contribution in [3.8, 4) is 5.69 Å². The number of hydrogen-bond acceptors (Lipinski definition) is 1. The first-order valence-corrected chi connectivity index (χ1v) is 13.4. The Morgan fingerprint density at radius 2 is 1.11 bits per heavy atom. The molecule has 9 rings (SSSR count). The molecule has 9 aromatic rings. The summed E-state index contributed by atoms with van der Waals surface area (Å²) in [6.45, 7) is 0. The fourth-order valence-corrected chi connectivity index (χ4v) is 7.58. The van der Waals surface area contributed by atoms with Crippen molar-refractivity contribution in [1.29, 1.82) is 0 Å². The SMILES string of the molecule is c1ccc2c(c1)[nH]c1c3sc4ccc(-n5c6ccccc6c6ccccc65)cc4c3c3ccccc3c21. The van der Waals surface area contributed by atoms with Crippen LogP contribution >= 0.6 is 11.3 Å². The van der Waals surface area contributed by atoms with E-state index >= 15 is 0 Å². The molecular weight excluding hydrogens is 468 g/mol. The summed E-state index contributed by atoms with van der Waals surface area (Å²) in [5.74, 6) is 0. The van der Waals surface area contributed by atoms with Gasteiger partial charge in [-0.1, -0.05) is 78.9 Å². The Kier molecular flexibility index (Phi) is 3.70. The standard InChI is InChI=1S/C34H20N2S/c1-2-12-24-23(11-1)31-25-13-3-6-14-27(25)35-33(31)34-32(24)26-19-20(17-18-30(26)37-34)36-28-15-7-4-9-21(28)22-10-5-8-16-29(22)36/h1-19,35H. The van der Waals surface area contributed by atoms with E-state index in [-0.39, 0.29) is 0 Å². The molecule has 0 saturated heterocycles. The van der Waals surface area contributed by atoms with Crippen LogP contribution in [0.4, 0.5) is 0 Å². The third-order valence-corrected chi connectivity index (χ3v) is 9.10. The molecule has 172 valence electrons. The van der Waals surface area contributed by atoms with Gasteiger partial charge in [-0.15, -0.1) is 11.3 Å². The van der Waals surface area contributed by atoms with Crippen LogP contribution in [0, 0.1) is 0 Å². The highest BCUT2D eigenvalue weighted by Crippen LogP contribution is 2.46. The Balaban J connectivity index is 1.46. The van der Waals surface area contributed by atoms with Crippen molar-refractivity contribution in [1.82, 2.24) is 9.55 Å². The average Bonchev–Trinajstić information content (AvgIpc) is 3.63. The first-order valence-electron chi connectivity index (χ1n) is 12.6. The molecule has 0 spiro atoms. The topological polar surface area (TPSA) is 20.7 Å². The highest BCUT2D eigenvalue weighted by atomic mass is 32.1. The van der Waals surface area contributed by atoms with Gasteiger partial charge in [0.25, 0.3) is 0 Å². The largest absolute Gasteiger partial charge is 0.353 e. The average molecular weight is 489 g/mol. The first-order chi connectivity index (χ1) is 18.4. The van der Waals surface area contributed by atoms with E-state index in [1.165, 1.54) is 80.2 Å². The maximum atomic E-state index is 3.77. The van der Waals surface area contributed by atoms with Crippen molar-refractivity contribution < 1.29 is 0 Å². The minimum absolute atomic E-state index is 1.19. The van der Waals surface area contributed by atoms with Gasteiger partial charge in [0.1, 0.15) is 0 Å². The second-order valence-corrected chi connectivity index (χ2v) is 10.9. The zero-order valence-electron chi connectivity index (χ0n) is 19.8. The van der Waals surface area contributed by atoms with Crippen LogP contribution in [0.5, 0.6) is 0 Å². The predicted molar refractivity (Wildman–Crippen MR) is 161 cm³/mol. The number of benzene rings is 6. The zero-order chi connectivity index (χ0) is 24.1. The molecule has 0 aliphatic heterocycles. The van der Waals surface area contributed by atoms with Crippen LogP contribution in [0.2, 0.25) is 0 Å². The number of H-pyrrole nitrogens is 1. The lowest BCUT2D eigenvalue weighted by atomic mass is 9.99. The van der Waals surface area contributed by atoms with E-state index in [1.54, 1.807) is 0 Å². The van der Waals surface area contributed by atoms with E-state index in [0.29, 0.717) is 0 Å². The van der Waals surface area contributed by atoms with Gasteiger partial charge >= 0.3 is 0 Å². The summed E-state index contributed by atoms with van der Waals surface area (Å²) in [7, 11) is 0. The number of hydrogen-bond donors (Lipinski definition) is 1. The molecule has 0 aliphatic carbocycles. The van der Waals surface area contributed by atoms with E-state index in [4.69, 9.17) is 0 Å². The summed E-state index contributed by atoms with van der Waals surface area (Å²) in [6.07, 6.45) is 0. The Bertz CT molecular complexity index is 2310. The summed E-state index contributed by atoms with van der Waals surface area (Å²) < 4.78 is 5.06. The van der Waals surface area contributed by atoms with Crippen LogP contribution in [0.3, 0.4) is 0 Å². The van der Waals surface area contributed by atoms with Gasteiger partial charge < -0.3 is 9.55 Å². The number of fused-ring (bicyclic) bond motifs is 13. The van der Waals surface area contributed by atoms with E-state index in [9.17, 15) is 0 Å². The van der Waals surface area contributed by atoms with Crippen LogP contribution in [-0.4, -0.2) is 9.55 Å². The van der Waals surface area contributed by atoms with E-state index in [1.807, 2.05) is 11.3 Å². The van der Waals surface area contributed by atoms with Gasteiger partial charge in [0.05, 0.1) is 21.3 Å². The molecule has 0 fully saturated rings. The van der Waals surface area contributed by atoms with Crippen LogP contribution < -0.4 is 0 Å². The number of rotatable bonds is 1. The highest BCUT2D eigenvalue weighted by Gasteiger charge is 2.19. The number of aromatic amines is 1. The number of nitrogens with zero attached hydrogens (tertiary/aromatic N) is 1. The smallest absolute Gasteiger partial charge is 0.0653 e. The van der Waals surface area contributed by atoms with Gasteiger partial charge in [-0.3, -0.25) is 0 Å². The summed E-state index contributed by atoms with van der Waals surface area (Å²) in [5.41, 5.74) is 6.12. The van der Waals surface area contributed by atoms with Gasteiger partial charge in [-0.05, 0) is 47.2 Å². The second-order valence-electron chi connectivity index (χ2n) is 9.82. The zero-order valence-corrected chi connectivity index (χ0v) is 20.6. The molecule has 2 nitrogen and oxygen atoms in total. The molecule has 37 heavy (non-hydrogen) atoms. The van der Waals surface area contributed by atoms with Crippen LogP contribution in [-0.2, 0) is 0 Å². The molecule has 0 atom stereocenters. The molecule has 3 heteroatoms. The predicted octanol–water partition coefficient (Wildman–Crippen LogP) is 9.94. The molecule has 0 saturated carbocycles. The normalized spacial score (nSPS) is 12.3. The maximum Gasteiger partial charge on any atom is 0.0653 e. The lowest BCUT2D eigenvalue weighted by Crippen LogP contribution is -1.93. The molecule has 0 aliphatic rings. The third kappa shape index (κ3) is 2.49. The monoisotopic (exact) mass is 488 g/mol. The number of nitrogens with one attached hydrogen (secondary N) is 1. The van der Waals surface area contributed by atoms with Crippen LogP contribution in [0.1, 0.15) is 0 Å². The molecule has 6 aromatic carbocycles. The molecule has 0 radical (unpaired) electrons. The number of thiophene rings is 1. The molecule has 0 bridgehead atoms. The first kappa shape index (κ1) is 19.6. The van der Waals surface area contributed by atoms with Crippen LogP contribution in [0.25, 0.3) is 80.2 Å². The quantitative estimate of drug-likeness (QED) is 0.237. The van der Waals surface area contributed by atoms with E-state index in [2.05, 4.69) is 125 Å². The molecule has 3 aromatic heterocycles.